The van der Waals surface area contributed by atoms with Crippen molar-refractivity contribution in [2.45, 2.75) is 13.6 Å². The molecule has 102 valence electrons. The van der Waals surface area contributed by atoms with Gasteiger partial charge in [0.1, 0.15) is 6.67 Å². The Balaban J connectivity index is 3.23. The first-order valence-electron chi connectivity index (χ1n) is 5.60. The standard InChI is InChI=1S/C13H15FN2O3/c1-9(15(2)3)6-13(17)11-5-4-10(8-14)7-12(11)16(18)19/h4-7H,8H2,1-3H3. The van der Waals surface area contributed by atoms with Gasteiger partial charge in [0.2, 0.25) is 0 Å². The second kappa shape index (κ2) is 6.08. The summed E-state index contributed by atoms with van der Waals surface area (Å²) in [5.74, 6) is -0.469. The number of allylic oxidation sites excluding steroid dienone is 2. The lowest BCUT2D eigenvalue weighted by Gasteiger charge is -2.11. The SMILES string of the molecule is CC(=CC(=O)c1ccc(CF)cc1[N+](=O)[O-])N(C)C. The zero-order valence-electron chi connectivity index (χ0n) is 11.0. The van der Waals surface area contributed by atoms with Crippen LogP contribution in [0.15, 0.2) is 30.0 Å². The summed E-state index contributed by atoms with van der Waals surface area (Å²) >= 11 is 0. The van der Waals surface area contributed by atoms with Gasteiger partial charge in [0.15, 0.2) is 5.78 Å². The lowest BCUT2D eigenvalue weighted by Crippen LogP contribution is -2.11. The molecule has 0 fully saturated rings. The Kier molecular flexibility index (Phi) is 4.74. The largest absolute Gasteiger partial charge is 0.381 e. The highest BCUT2D eigenvalue weighted by atomic mass is 19.1. The summed E-state index contributed by atoms with van der Waals surface area (Å²) in [6.45, 7) is 0.918. The second-order valence-corrected chi connectivity index (χ2v) is 4.29. The quantitative estimate of drug-likeness (QED) is 0.356. The number of carbonyl (C=O) groups excluding carboxylic acids is 1. The van der Waals surface area contributed by atoms with E-state index in [0.717, 1.165) is 6.07 Å². The first-order chi connectivity index (χ1) is 8.86. The molecule has 0 aliphatic heterocycles. The molecular weight excluding hydrogens is 251 g/mol. The van der Waals surface area contributed by atoms with Crippen LogP contribution in [0, 0.1) is 10.1 Å². The molecule has 0 saturated carbocycles. The average molecular weight is 266 g/mol. The monoisotopic (exact) mass is 266 g/mol. The molecule has 0 bridgehead atoms. The van der Waals surface area contributed by atoms with Crippen molar-refractivity contribution in [3.05, 3.63) is 51.2 Å². The molecule has 1 rings (SSSR count). The maximum Gasteiger partial charge on any atom is 0.280 e. The molecular formula is C13H15FN2O3. The van der Waals surface area contributed by atoms with Gasteiger partial charge in [0, 0.05) is 31.9 Å². The van der Waals surface area contributed by atoms with Crippen LogP contribution in [0.1, 0.15) is 22.8 Å². The van der Waals surface area contributed by atoms with Crippen LogP contribution in [-0.4, -0.2) is 29.7 Å². The third-order valence-corrected chi connectivity index (χ3v) is 2.72. The van der Waals surface area contributed by atoms with Crippen molar-refractivity contribution >= 4 is 11.5 Å². The zero-order valence-corrected chi connectivity index (χ0v) is 11.0. The van der Waals surface area contributed by atoms with Gasteiger partial charge in [-0.15, -0.1) is 0 Å². The fourth-order valence-corrected chi connectivity index (χ4v) is 1.42. The number of nitro benzene ring substituents is 1. The van der Waals surface area contributed by atoms with Crippen LogP contribution in [0.5, 0.6) is 0 Å². The Morgan fingerprint density at radius 1 is 1.47 bits per heavy atom. The van der Waals surface area contributed by atoms with E-state index >= 15 is 0 Å². The molecule has 1 aromatic rings. The van der Waals surface area contributed by atoms with Gasteiger partial charge < -0.3 is 4.90 Å². The molecule has 0 radical (unpaired) electrons. The summed E-state index contributed by atoms with van der Waals surface area (Å²) < 4.78 is 12.5. The number of hydrogen-bond donors (Lipinski definition) is 0. The van der Waals surface area contributed by atoms with E-state index in [1.54, 1.807) is 25.9 Å². The Morgan fingerprint density at radius 2 is 2.11 bits per heavy atom. The molecule has 5 nitrogen and oxygen atoms in total. The first kappa shape index (κ1) is 14.8. The van der Waals surface area contributed by atoms with E-state index in [1.807, 2.05) is 0 Å². The van der Waals surface area contributed by atoms with Crippen molar-refractivity contribution < 1.29 is 14.1 Å². The number of halogens is 1. The summed E-state index contributed by atoms with van der Waals surface area (Å²) in [6, 6.07) is 3.75. The van der Waals surface area contributed by atoms with Crippen LogP contribution in [0.2, 0.25) is 0 Å². The van der Waals surface area contributed by atoms with Gasteiger partial charge in [-0.25, -0.2) is 4.39 Å². The van der Waals surface area contributed by atoms with Crippen LogP contribution in [0.3, 0.4) is 0 Å². The summed E-state index contributed by atoms with van der Waals surface area (Å²) in [5, 5.41) is 10.9. The number of carbonyl (C=O) groups is 1. The molecule has 0 spiro atoms. The van der Waals surface area contributed by atoms with Gasteiger partial charge in [-0.05, 0) is 18.6 Å². The molecule has 0 N–H and O–H groups in total. The molecule has 0 atom stereocenters. The average Bonchev–Trinajstić information content (AvgIpc) is 2.37. The summed E-state index contributed by atoms with van der Waals surface area (Å²) in [6.07, 6.45) is 1.32. The normalized spacial score (nSPS) is 11.3. The van der Waals surface area contributed by atoms with E-state index in [1.165, 1.54) is 18.2 Å². The van der Waals surface area contributed by atoms with Crippen molar-refractivity contribution in [1.29, 1.82) is 0 Å². The summed E-state index contributed by atoms with van der Waals surface area (Å²) in [4.78, 5) is 23.9. The van der Waals surface area contributed by atoms with Gasteiger partial charge in [-0.1, -0.05) is 6.07 Å². The molecule has 0 amide bonds. The fourth-order valence-electron chi connectivity index (χ4n) is 1.42. The second-order valence-electron chi connectivity index (χ2n) is 4.29. The molecule has 6 heteroatoms. The number of hydrogen-bond acceptors (Lipinski definition) is 4. The summed E-state index contributed by atoms with van der Waals surface area (Å²) in [5.41, 5.74) is 0.441. The lowest BCUT2D eigenvalue weighted by molar-refractivity contribution is -0.385. The van der Waals surface area contributed by atoms with Gasteiger partial charge >= 0.3 is 0 Å². The highest BCUT2D eigenvalue weighted by molar-refractivity contribution is 6.07. The van der Waals surface area contributed by atoms with Crippen LogP contribution in [0.4, 0.5) is 10.1 Å². The molecule has 0 aliphatic rings. The minimum Gasteiger partial charge on any atom is -0.381 e. The first-order valence-corrected chi connectivity index (χ1v) is 5.60. The minimum atomic E-state index is -0.804. The number of alkyl halides is 1. The number of nitrogens with zero attached hydrogens (tertiary/aromatic N) is 2. The summed E-state index contributed by atoms with van der Waals surface area (Å²) in [7, 11) is 3.53. The highest BCUT2D eigenvalue weighted by Crippen LogP contribution is 2.22. The molecule has 0 saturated heterocycles. The van der Waals surface area contributed by atoms with Crippen molar-refractivity contribution in [2.24, 2.45) is 0 Å². The fraction of sp³-hybridized carbons (Fsp3) is 0.308. The van der Waals surface area contributed by atoms with Crippen molar-refractivity contribution in [3.63, 3.8) is 0 Å². The van der Waals surface area contributed by atoms with E-state index in [0.29, 0.717) is 5.70 Å². The van der Waals surface area contributed by atoms with E-state index < -0.39 is 17.4 Å². The van der Waals surface area contributed by atoms with Crippen molar-refractivity contribution in [3.8, 4) is 0 Å². The Morgan fingerprint density at radius 3 is 2.58 bits per heavy atom. The van der Waals surface area contributed by atoms with E-state index in [-0.39, 0.29) is 16.8 Å². The van der Waals surface area contributed by atoms with Gasteiger partial charge in [-0.2, -0.15) is 0 Å². The van der Waals surface area contributed by atoms with E-state index in [4.69, 9.17) is 0 Å². The topological polar surface area (TPSA) is 63.4 Å². The smallest absolute Gasteiger partial charge is 0.280 e. The van der Waals surface area contributed by atoms with Crippen LogP contribution in [0.25, 0.3) is 0 Å². The van der Waals surface area contributed by atoms with Gasteiger partial charge in [0.05, 0.1) is 10.5 Å². The van der Waals surface area contributed by atoms with Crippen LogP contribution in [-0.2, 0) is 6.67 Å². The molecule has 0 unspecified atom stereocenters. The highest BCUT2D eigenvalue weighted by Gasteiger charge is 2.19. The van der Waals surface area contributed by atoms with Crippen molar-refractivity contribution in [1.82, 2.24) is 4.90 Å². The van der Waals surface area contributed by atoms with Crippen LogP contribution < -0.4 is 0 Å². The maximum absolute atomic E-state index is 12.5. The van der Waals surface area contributed by atoms with Crippen molar-refractivity contribution in [2.75, 3.05) is 14.1 Å². The predicted octanol–water partition coefficient (Wildman–Crippen LogP) is 2.71. The number of rotatable bonds is 5. The number of ketones is 1. The number of nitro groups is 1. The maximum atomic E-state index is 12.5. The molecule has 0 aromatic heterocycles. The van der Waals surface area contributed by atoms with E-state index in [9.17, 15) is 19.3 Å². The molecule has 0 heterocycles. The van der Waals surface area contributed by atoms with Crippen LogP contribution >= 0.6 is 0 Å². The molecule has 19 heavy (non-hydrogen) atoms. The zero-order chi connectivity index (χ0) is 14.6. The predicted molar refractivity (Wildman–Crippen MR) is 69.7 cm³/mol. The van der Waals surface area contributed by atoms with Gasteiger partial charge in [-0.3, -0.25) is 14.9 Å². The molecule has 0 aliphatic carbocycles. The Labute approximate surface area is 110 Å². The number of benzene rings is 1. The lowest BCUT2D eigenvalue weighted by atomic mass is 10.0. The Hall–Kier alpha value is -2.24. The third-order valence-electron chi connectivity index (χ3n) is 2.72. The Bertz CT molecular complexity index is 539. The molecule has 1 aromatic carbocycles. The van der Waals surface area contributed by atoms with E-state index in [2.05, 4.69) is 0 Å². The third kappa shape index (κ3) is 3.61. The minimum absolute atomic E-state index is 0.0385. The van der Waals surface area contributed by atoms with Gasteiger partial charge in [0.25, 0.3) is 5.69 Å².